The van der Waals surface area contributed by atoms with E-state index in [1.807, 2.05) is 38.1 Å². The highest BCUT2D eigenvalue weighted by molar-refractivity contribution is 7.89. The van der Waals surface area contributed by atoms with Crippen molar-refractivity contribution >= 4 is 10.0 Å². The molecule has 0 saturated heterocycles. The van der Waals surface area contributed by atoms with Crippen molar-refractivity contribution < 1.29 is 8.42 Å². The molecule has 1 unspecified atom stereocenters. The molecule has 15 heavy (non-hydrogen) atoms. The molecule has 1 aromatic carbocycles. The maximum Gasteiger partial charge on any atom is 0.218 e. The van der Waals surface area contributed by atoms with Gasteiger partial charge in [-0.3, -0.25) is 0 Å². The molecule has 0 aliphatic rings. The predicted molar refractivity (Wildman–Crippen MR) is 62.2 cm³/mol. The third-order valence-electron chi connectivity index (χ3n) is 2.48. The number of hydrogen-bond acceptors (Lipinski definition) is 2. The van der Waals surface area contributed by atoms with E-state index in [1.54, 1.807) is 0 Å². The van der Waals surface area contributed by atoms with Crippen LogP contribution in [0.3, 0.4) is 0 Å². The van der Waals surface area contributed by atoms with Crippen LogP contribution in [0.5, 0.6) is 0 Å². The van der Waals surface area contributed by atoms with E-state index in [0.717, 1.165) is 11.1 Å². The molecule has 0 bridgehead atoms. The average Bonchev–Trinajstić information content (AvgIpc) is 2.22. The van der Waals surface area contributed by atoms with Crippen molar-refractivity contribution in [2.45, 2.75) is 25.5 Å². The lowest BCUT2D eigenvalue weighted by molar-refractivity contribution is 0.571. The normalized spacial score (nSPS) is 13.8. The van der Waals surface area contributed by atoms with Gasteiger partial charge in [-0.2, -0.15) is 0 Å². The van der Waals surface area contributed by atoms with Crippen LogP contribution in [-0.4, -0.2) is 15.5 Å². The van der Waals surface area contributed by atoms with Gasteiger partial charge in [0.2, 0.25) is 10.0 Å². The Morgan fingerprint density at radius 1 is 1.27 bits per heavy atom. The third kappa shape index (κ3) is 2.79. The lowest BCUT2D eigenvalue weighted by Gasteiger charge is -2.15. The van der Waals surface area contributed by atoms with Gasteiger partial charge in [0.25, 0.3) is 0 Å². The molecule has 0 spiro atoms. The van der Waals surface area contributed by atoms with Gasteiger partial charge in [0.05, 0.1) is 0 Å². The molecule has 3 nitrogen and oxygen atoms in total. The molecule has 4 heteroatoms. The molecule has 0 aliphatic heterocycles. The number of rotatable bonds is 4. The van der Waals surface area contributed by atoms with Crippen LogP contribution in [0.1, 0.15) is 29.7 Å². The van der Waals surface area contributed by atoms with Crippen LogP contribution in [0.2, 0.25) is 0 Å². The molecular formula is C11H17NO2S. The summed E-state index contributed by atoms with van der Waals surface area (Å²) >= 11 is 0. The number of nitrogens with one attached hydrogen (secondary N) is 1. The average molecular weight is 227 g/mol. The molecule has 0 fully saturated rings. The van der Waals surface area contributed by atoms with E-state index in [9.17, 15) is 8.42 Å². The van der Waals surface area contributed by atoms with E-state index in [-0.39, 0.29) is 0 Å². The second-order valence-corrected chi connectivity index (χ2v) is 5.62. The standard InChI is InChI=1S/C11H17NO2S/c1-4-11(15(13,14)12-3)10-7-5-9(2)6-8-10/h5-8,11-12H,4H2,1-3H3. The van der Waals surface area contributed by atoms with Crippen molar-refractivity contribution in [2.24, 2.45) is 0 Å². The zero-order valence-electron chi connectivity index (χ0n) is 9.32. The molecular weight excluding hydrogens is 210 g/mol. The summed E-state index contributed by atoms with van der Waals surface area (Å²) in [5, 5.41) is -0.455. The minimum atomic E-state index is -3.23. The van der Waals surface area contributed by atoms with Gasteiger partial charge in [0.15, 0.2) is 0 Å². The van der Waals surface area contributed by atoms with Crippen LogP contribution in [0.25, 0.3) is 0 Å². The summed E-state index contributed by atoms with van der Waals surface area (Å²) in [4.78, 5) is 0. The Labute approximate surface area is 91.6 Å². The second kappa shape index (κ2) is 4.77. The van der Waals surface area contributed by atoms with E-state index in [0.29, 0.717) is 6.42 Å². The maximum atomic E-state index is 11.7. The minimum Gasteiger partial charge on any atom is -0.218 e. The molecule has 1 rings (SSSR count). The van der Waals surface area contributed by atoms with E-state index < -0.39 is 15.3 Å². The van der Waals surface area contributed by atoms with E-state index in [4.69, 9.17) is 0 Å². The van der Waals surface area contributed by atoms with Crippen molar-refractivity contribution in [2.75, 3.05) is 7.05 Å². The smallest absolute Gasteiger partial charge is 0.218 e. The van der Waals surface area contributed by atoms with Gasteiger partial charge >= 0.3 is 0 Å². The van der Waals surface area contributed by atoms with E-state index in [1.165, 1.54) is 7.05 Å². The fourth-order valence-electron chi connectivity index (χ4n) is 1.56. The largest absolute Gasteiger partial charge is 0.218 e. The number of aryl methyl sites for hydroxylation is 1. The molecule has 0 aromatic heterocycles. The Balaban J connectivity index is 3.09. The van der Waals surface area contributed by atoms with E-state index >= 15 is 0 Å². The summed E-state index contributed by atoms with van der Waals surface area (Å²) in [5.41, 5.74) is 1.98. The lowest BCUT2D eigenvalue weighted by Crippen LogP contribution is -2.25. The van der Waals surface area contributed by atoms with Crippen LogP contribution in [0.4, 0.5) is 0 Å². The highest BCUT2D eigenvalue weighted by Crippen LogP contribution is 2.24. The van der Waals surface area contributed by atoms with Crippen LogP contribution < -0.4 is 4.72 Å². The van der Waals surface area contributed by atoms with Crippen LogP contribution in [0, 0.1) is 6.92 Å². The van der Waals surface area contributed by atoms with Crippen molar-refractivity contribution in [3.63, 3.8) is 0 Å². The number of hydrogen-bond donors (Lipinski definition) is 1. The van der Waals surface area contributed by atoms with E-state index in [2.05, 4.69) is 4.72 Å². The molecule has 1 atom stereocenters. The lowest BCUT2D eigenvalue weighted by atomic mass is 10.1. The topological polar surface area (TPSA) is 46.2 Å². The Hall–Kier alpha value is -0.870. The van der Waals surface area contributed by atoms with Gasteiger partial charge < -0.3 is 0 Å². The van der Waals surface area contributed by atoms with Crippen LogP contribution in [-0.2, 0) is 10.0 Å². The SMILES string of the molecule is CCC(c1ccc(C)cc1)S(=O)(=O)NC. The molecule has 0 radical (unpaired) electrons. The summed E-state index contributed by atoms with van der Waals surface area (Å²) in [6, 6.07) is 7.61. The predicted octanol–water partition coefficient (Wildman–Crippen LogP) is 2.00. The minimum absolute atomic E-state index is 0.455. The fraction of sp³-hybridized carbons (Fsp3) is 0.455. The Morgan fingerprint density at radius 3 is 2.20 bits per heavy atom. The van der Waals surface area contributed by atoms with Gasteiger partial charge in [0, 0.05) is 0 Å². The number of benzene rings is 1. The first-order valence-electron chi connectivity index (χ1n) is 5.00. The number of sulfonamides is 1. The zero-order valence-corrected chi connectivity index (χ0v) is 10.1. The van der Waals surface area contributed by atoms with Crippen molar-refractivity contribution in [3.05, 3.63) is 35.4 Å². The first-order valence-corrected chi connectivity index (χ1v) is 6.54. The molecule has 0 saturated carbocycles. The molecule has 0 amide bonds. The fourth-order valence-corrected chi connectivity index (χ4v) is 2.80. The Morgan fingerprint density at radius 2 is 1.80 bits per heavy atom. The second-order valence-electron chi connectivity index (χ2n) is 3.56. The summed E-state index contributed by atoms with van der Waals surface area (Å²) in [6.07, 6.45) is 0.576. The van der Waals surface area contributed by atoms with Gasteiger partial charge in [0.1, 0.15) is 5.25 Å². The molecule has 0 heterocycles. The summed E-state index contributed by atoms with van der Waals surface area (Å²) < 4.78 is 25.8. The van der Waals surface area contributed by atoms with Gasteiger partial charge in [-0.05, 0) is 26.0 Å². The zero-order chi connectivity index (χ0) is 11.5. The van der Waals surface area contributed by atoms with Crippen LogP contribution in [0.15, 0.2) is 24.3 Å². The quantitative estimate of drug-likeness (QED) is 0.855. The first-order chi connectivity index (χ1) is 7.01. The first kappa shape index (κ1) is 12.2. The summed E-state index contributed by atoms with van der Waals surface area (Å²) in [7, 11) is -1.78. The highest BCUT2D eigenvalue weighted by Gasteiger charge is 2.23. The molecule has 1 aromatic rings. The molecule has 84 valence electrons. The van der Waals surface area contributed by atoms with Crippen molar-refractivity contribution in [3.8, 4) is 0 Å². The highest BCUT2D eigenvalue weighted by atomic mass is 32.2. The Kier molecular flexibility index (Phi) is 3.88. The summed E-state index contributed by atoms with van der Waals surface area (Å²) in [5.74, 6) is 0. The van der Waals surface area contributed by atoms with Gasteiger partial charge in [-0.15, -0.1) is 0 Å². The molecule has 1 N–H and O–H groups in total. The van der Waals surface area contributed by atoms with Crippen LogP contribution >= 0.6 is 0 Å². The van der Waals surface area contributed by atoms with Crippen molar-refractivity contribution in [1.29, 1.82) is 0 Å². The van der Waals surface area contributed by atoms with Gasteiger partial charge in [-0.25, -0.2) is 13.1 Å². The van der Waals surface area contributed by atoms with Crippen molar-refractivity contribution in [1.82, 2.24) is 4.72 Å². The Bertz CT molecular complexity index is 409. The summed E-state index contributed by atoms with van der Waals surface area (Å²) in [6.45, 7) is 3.86. The molecule has 0 aliphatic carbocycles. The maximum absolute atomic E-state index is 11.7. The van der Waals surface area contributed by atoms with Gasteiger partial charge in [-0.1, -0.05) is 36.8 Å². The monoisotopic (exact) mass is 227 g/mol. The third-order valence-corrected chi connectivity index (χ3v) is 4.40.